The topological polar surface area (TPSA) is 29.1 Å². The third kappa shape index (κ3) is 1.57. The molecule has 11 heavy (non-hydrogen) atoms. The molecule has 2 rings (SSSR count). The third-order valence-electron chi connectivity index (χ3n) is 2.88. The SMILES string of the molecule is Cl.O=CC1CC2CNC[C@H]2C1. The zero-order chi connectivity index (χ0) is 6.97. The molecule has 1 heterocycles. The highest BCUT2D eigenvalue weighted by atomic mass is 35.5. The maximum absolute atomic E-state index is 10.4. The minimum absolute atomic E-state index is 0. The molecule has 2 unspecified atom stereocenters. The molecule has 2 nitrogen and oxygen atoms in total. The molecule has 0 aromatic rings. The zero-order valence-electron chi connectivity index (χ0n) is 6.45. The second kappa shape index (κ2) is 3.55. The quantitative estimate of drug-likeness (QED) is 0.599. The third-order valence-corrected chi connectivity index (χ3v) is 2.88. The van der Waals surface area contributed by atoms with E-state index in [1.54, 1.807) is 0 Å². The summed E-state index contributed by atoms with van der Waals surface area (Å²) in [5.41, 5.74) is 0. The lowest BCUT2D eigenvalue weighted by Crippen LogP contribution is -2.12. The molecule has 0 aromatic carbocycles. The predicted octanol–water partition coefficient (Wildman–Crippen LogP) is 0.853. The van der Waals surface area contributed by atoms with E-state index in [1.165, 1.54) is 0 Å². The first kappa shape index (κ1) is 9.01. The van der Waals surface area contributed by atoms with E-state index in [0.29, 0.717) is 5.92 Å². The summed E-state index contributed by atoms with van der Waals surface area (Å²) in [7, 11) is 0. The van der Waals surface area contributed by atoms with Crippen molar-refractivity contribution in [2.75, 3.05) is 13.1 Å². The van der Waals surface area contributed by atoms with Gasteiger partial charge in [0.15, 0.2) is 0 Å². The van der Waals surface area contributed by atoms with Crippen LogP contribution in [-0.2, 0) is 4.79 Å². The van der Waals surface area contributed by atoms with Crippen LogP contribution in [0.5, 0.6) is 0 Å². The highest BCUT2D eigenvalue weighted by Crippen LogP contribution is 2.37. The molecule has 64 valence electrons. The van der Waals surface area contributed by atoms with Gasteiger partial charge in [-0.3, -0.25) is 0 Å². The van der Waals surface area contributed by atoms with Crippen molar-refractivity contribution in [2.45, 2.75) is 12.8 Å². The van der Waals surface area contributed by atoms with E-state index in [-0.39, 0.29) is 12.4 Å². The van der Waals surface area contributed by atoms with E-state index < -0.39 is 0 Å². The summed E-state index contributed by atoms with van der Waals surface area (Å²) in [6.07, 6.45) is 3.42. The molecule has 0 radical (unpaired) electrons. The predicted molar refractivity (Wildman–Crippen MR) is 45.9 cm³/mol. The fourth-order valence-electron chi connectivity index (χ4n) is 2.32. The molecule has 1 saturated carbocycles. The lowest BCUT2D eigenvalue weighted by Gasteiger charge is -2.02. The van der Waals surface area contributed by atoms with Crippen molar-refractivity contribution in [3.63, 3.8) is 0 Å². The number of rotatable bonds is 1. The molecule has 2 fully saturated rings. The van der Waals surface area contributed by atoms with E-state index in [0.717, 1.165) is 44.1 Å². The molecule has 3 atom stereocenters. The zero-order valence-corrected chi connectivity index (χ0v) is 7.27. The number of carbonyl (C=O) groups excluding carboxylic acids is 1. The molecule has 1 saturated heterocycles. The summed E-state index contributed by atoms with van der Waals surface area (Å²) in [5, 5.41) is 3.35. The maximum atomic E-state index is 10.4. The summed E-state index contributed by atoms with van der Waals surface area (Å²) in [5.74, 6) is 2.02. The summed E-state index contributed by atoms with van der Waals surface area (Å²) in [6, 6.07) is 0. The van der Waals surface area contributed by atoms with Gasteiger partial charge >= 0.3 is 0 Å². The summed E-state index contributed by atoms with van der Waals surface area (Å²) < 4.78 is 0. The average molecular weight is 176 g/mol. The van der Waals surface area contributed by atoms with E-state index >= 15 is 0 Å². The van der Waals surface area contributed by atoms with Crippen LogP contribution in [-0.4, -0.2) is 19.4 Å². The Morgan fingerprint density at radius 3 is 2.18 bits per heavy atom. The van der Waals surface area contributed by atoms with E-state index in [4.69, 9.17) is 0 Å². The van der Waals surface area contributed by atoms with Crippen LogP contribution in [0.2, 0.25) is 0 Å². The Kier molecular flexibility index (Phi) is 2.90. The van der Waals surface area contributed by atoms with Crippen molar-refractivity contribution < 1.29 is 4.79 Å². The Morgan fingerprint density at radius 2 is 1.73 bits per heavy atom. The van der Waals surface area contributed by atoms with E-state index in [9.17, 15) is 4.79 Å². The molecule has 3 heteroatoms. The number of hydrogen-bond acceptors (Lipinski definition) is 2. The molecule has 0 spiro atoms. The van der Waals surface area contributed by atoms with Gasteiger partial charge < -0.3 is 10.1 Å². The Morgan fingerprint density at radius 1 is 1.18 bits per heavy atom. The number of hydrogen-bond donors (Lipinski definition) is 1. The first-order chi connectivity index (χ1) is 4.90. The lowest BCUT2D eigenvalue weighted by atomic mass is 10.0. The fraction of sp³-hybridized carbons (Fsp3) is 0.875. The normalized spacial score (nSPS) is 41.3. The molecule has 1 N–H and O–H groups in total. The van der Waals surface area contributed by atoms with Crippen LogP contribution < -0.4 is 5.32 Å². The van der Waals surface area contributed by atoms with Crippen molar-refractivity contribution in [3.8, 4) is 0 Å². The van der Waals surface area contributed by atoms with Crippen LogP contribution in [0.1, 0.15) is 12.8 Å². The highest BCUT2D eigenvalue weighted by molar-refractivity contribution is 5.85. The number of fused-ring (bicyclic) bond motifs is 1. The van der Waals surface area contributed by atoms with Gasteiger partial charge in [-0.1, -0.05) is 0 Å². The van der Waals surface area contributed by atoms with Crippen LogP contribution in [0, 0.1) is 17.8 Å². The first-order valence-electron chi connectivity index (χ1n) is 4.06. The molecule has 0 amide bonds. The van der Waals surface area contributed by atoms with Gasteiger partial charge in [-0.25, -0.2) is 0 Å². The maximum Gasteiger partial charge on any atom is 0.123 e. The average Bonchev–Trinajstić information content (AvgIpc) is 2.42. The van der Waals surface area contributed by atoms with Crippen molar-refractivity contribution in [2.24, 2.45) is 17.8 Å². The van der Waals surface area contributed by atoms with Crippen molar-refractivity contribution >= 4 is 18.7 Å². The van der Waals surface area contributed by atoms with E-state index in [1.807, 2.05) is 0 Å². The molecular formula is C8H14ClNO. The van der Waals surface area contributed by atoms with E-state index in [2.05, 4.69) is 5.32 Å². The summed E-state index contributed by atoms with van der Waals surface area (Å²) in [6.45, 7) is 2.30. The summed E-state index contributed by atoms with van der Waals surface area (Å²) in [4.78, 5) is 10.4. The lowest BCUT2D eigenvalue weighted by molar-refractivity contribution is -0.111. The second-order valence-corrected chi connectivity index (χ2v) is 3.55. The van der Waals surface area contributed by atoms with Crippen molar-refractivity contribution in [1.82, 2.24) is 5.32 Å². The van der Waals surface area contributed by atoms with Crippen LogP contribution >= 0.6 is 12.4 Å². The standard InChI is InChI=1S/C8H13NO.ClH/c10-5-6-1-7-3-9-4-8(7)2-6;/h5-9H,1-4H2;1H/t6?,7-,8?;/m1./s1. The Bertz CT molecular complexity index is 139. The molecule has 1 aliphatic carbocycles. The minimum atomic E-state index is 0. The van der Waals surface area contributed by atoms with Gasteiger partial charge in [0.05, 0.1) is 0 Å². The van der Waals surface area contributed by atoms with Crippen LogP contribution in [0.3, 0.4) is 0 Å². The highest BCUT2D eigenvalue weighted by Gasteiger charge is 2.36. The molecule has 2 aliphatic rings. The van der Waals surface area contributed by atoms with Gasteiger partial charge in [0.25, 0.3) is 0 Å². The molecule has 0 aromatic heterocycles. The van der Waals surface area contributed by atoms with Gasteiger partial charge in [0.2, 0.25) is 0 Å². The number of carbonyl (C=O) groups is 1. The van der Waals surface area contributed by atoms with Gasteiger partial charge in [0.1, 0.15) is 6.29 Å². The Balaban J connectivity index is 0.000000605. The Hall–Kier alpha value is -0.0800. The minimum Gasteiger partial charge on any atom is -0.316 e. The largest absolute Gasteiger partial charge is 0.316 e. The Labute approximate surface area is 73.1 Å². The number of aldehydes is 1. The van der Waals surface area contributed by atoms with Gasteiger partial charge in [0, 0.05) is 5.92 Å². The first-order valence-corrected chi connectivity index (χ1v) is 4.06. The summed E-state index contributed by atoms with van der Waals surface area (Å²) >= 11 is 0. The van der Waals surface area contributed by atoms with Crippen molar-refractivity contribution in [3.05, 3.63) is 0 Å². The number of halogens is 1. The molecule has 0 bridgehead atoms. The molecule has 1 aliphatic heterocycles. The van der Waals surface area contributed by atoms with Crippen LogP contribution in [0.15, 0.2) is 0 Å². The number of nitrogens with one attached hydrogen (secondary N) is 1. The second-order valence-electron chi connectivity index (χ2n) is 3.55. The fourth-order valence-corrected chi connectivity index (χ4v) is 2.32. The van der Waals surface area contributed by atoms with Gasteiger partial charge in [-0.2, -0.15) is 0 Å². The molecular weight excluding hydrogens is 162 g/mol. The smallest absolute Gasteiger partial charge is 0.123 e. The van der Waals surface area contributed by atoms with Crippen molar-refractivity contribution in [1.29, 1.82) is 0 Å². The van der Waals surface area contributed by atoms with Crippen LogP contribution in [0.25, 0.3) is 0 Å². The van der Waals surface area contributed by atoms with Gasteiger partial charge in [-0.15, -0.1) is 12.4 Å². The van der Waals surface area contributed by atoms with Crippen LogP contribution in [0.4, 0.5) is 0 Å². The van der Waals surface area contributed by atoms with Gasteiger partial charge in [-0.05, 0) is 37.8 Å². The monoisotopic (exact) mass is 175 g/mol.